The van der Waals surface area contributed by atoms with Crippen molar-refractivity contribution in [1.82, 2.24) is 15.2 Å². The lowest BCUT2D eigenvalue weighted by molar-refractivity contribution is -0.150. The number of piperidine rings is 1. The number of ether oxygens (including phenoxy) is 2. The minimum Gasteiger partial charge on any atom is -0.478 e. The first kappa shape index (κ1) is 25.8. The maximum Gasteiger partial charge on any atom is 0.230 e. The fourth-order valence-corrected chi connectivity index (χ4v) is 4.63. The third-order valence-corrected chi connectivity index (χ3v) is 6.93. The van der Waals surface area contributed by atoms with Crippen LogP contribution in [-0.4, -0.2) is 60.4 Å². The standard InChI is InChI=1S/C25H30ClF2N3O4/c1-34-9-2-10-35-23-11-16(20(26)14-30-23)15-31(18-4-5-18)24(32)19-13-29-8-7-25(19,33)17-3-6-21(27)22(28)12-17/h3,6,11-12,14,18-19,29,33H,2,4-5,7-10,13,15H2,1H3/t19-,25+/m1/s1. The number of amides is 1. The van der Waals surface area contributed by atoms with Crippen molar-refractivity contribution in [2.45, 2.75) is 43.9 Å². The predicted molar refractivity (Wildman–Crippen MR) is 126 cm³/mol. The Bertz CT molecular complexity index is 1060. The van der Waals surface area contributed by atoms with E-state index >= 15 is 0 Å². The molecule has 190 valence electrons. The first-order chi connectivity index (χ1) is 16.8. The number of pyridine rings is 1. The number of halogens is 3. The summed E-state index contributed by atoms with van der Waals surface area (Å²) >= 11 is 6.41. The summed E-state index contributed by atoms with van der Waals surface area (Å²) in [4.78, 5) is 19.7. The van der Waals surface area contributed by atoms with Crippen LogP contribution in [0.2, 0.25) is 5.02 Å². The Balaban J connectivity index is 1.56. The number of methoxy groups -OCH3 is 1. The molecule has 10 heteroatoms. The summed E-state index contributed by atoms with van der Waals surface area (Å²) in [6.07, 6.45) is 4.09. The van der Waals surface area contributed by atoms with Gasteiger partial charge in [-0.15, -0.1) is 0 Å². The van der Waals surface area contributed by atoms with E-state index < -0.39 is 23.2 Å². The molecular formula is C25H30ClF2N3O4. The van der Waals surface area contributed by atoms with Crippen molar-refractivity contribution in [2.75, 3.05) is 33.4 Å². The van der Waals surface area contributed by atoms with Crippen LogP contribution in [0.4, 0.5) is 8.78 Å². The quantitative estimate of drug-likeness (QED) is 0.478. The second-order valence-electron chi connectivity index (χ2n) is 9.07. The Labute approximate surface area is 208 Å². The molecule has 2 N–H and O–H groups in total. The highest BCUT2D eigenvalue weighted by Gasteiger charge is 2.48. The van der Waals surface area contributed by atoms with E-state index in [-0.39, 0.29) is 37.0 Å². The van der Waals surface area contributed by atoms with Crippen molar-refractivity contribution in [2.24, 2.45) is 5.92 Å². The van der Waals surface area contributed by atoms with Crippen molar-refractivity contribution < 1.29 is 28.2 Å². The van der Waals surface area contributed by atoms with E-state index in [2.05, 4.69) is 10.3 Å². The molecule has 2 heterocycles. The molecule has 2 fully saturated rings. The van der Waals surface area contributed by atoms with Gasteiger partial charge in [0.15, 0.2) is 11.6 Å². The van der Waals surface area contributed by atoms with Gasteiger partial charge in [-0.2, -0.15) is 0 Å². The van der Waals surface area contributed by atoms with Gasteiger partial charge < -0.3 is 24.8 Å². The Hall–Kier alpha value is -2.33. The molecule has 1 aliphatic heterocycles. The van der Waals surface area contributed by atoms with Gasteiger partial charge in [0.2, 0.25) is 11.8 Å². The van der Waals surface area contributed by atoms with Gasteiger partial charge in [-0.05, 0) is 49.1 Å². The van der Waals surface area contributed by atoms with Crippen LogP contribution in [0.3, 0.4) is 0 Å². The predicted octanol–water partition coefficient (Wildman–Crippen LogP) is 3.42. The van der Waals surface area contributed by atoms with Crippen LogP contribution in [0.15, 0.2) is 30.5 Å². The Morgan fingerprint density at radius 3 is 2.80 bits per heavy atom. The fraction of sp³-hybridized carbons (Fsp3) is 0.520. The molecule has 2 aromatic rings. The van der Waals surface area contributed by atoms with Crippen molar-refractivity contribution in [3.63, 3.8) is 0 Å². The molecule has 35 heavy (non-hydrogen) atoms. The van der Waals surface area contributed by atoms with E-state index in [0.29, 0.717) is 42.6 Å². The Morgan fingerprint density at radius 1 is 1.29 bits per heavy atom. The second kappa shape index (κ2) is 11.2. The maximum atomic E-state index is 14.0. The Kier molecular flexibility index (Phi) is 8.21. The van der Waals surface area contributed by atoms with E-state index in [1.54, 1.807) is 18.1 Å². The summed E-state index contributed by atoms with van der Waals surface area (Å²) in [5.41, 5.74) is -0.744. The molecule has 1 aromatic carbocycles. The molecule has 1 aliphatic carbocycles. The molecule has 0 radical (unpaired) electrons. The highest BCUT2D eigenvalue weighted by molar-refractivity contribution is 6.31. The Morgan fingerprint density at radius 2 is 2.09 bits per heavy atom. The van der Waals surface area contributed by atoms with Crippen LogP contribution in [0.25, 0.3) is 0 Å². The molecule has 1 saturated heterocycles. The van der Waals surface area contributed by atoms with Gasteiger partial charge in [-0.3, -0.25) is 4.79 Å². The average molecular weight is 510 g/mol. The van der Waals surface area contributed by atoms with Crippen LogP contribution < -0.4 is 10.1 Å². The van der Waals surface area contributed by atoms with E-state index in [9.17, 15) is 18.7 Å². The zero-order chi connectivity index (χ0) is 25.0. The number of hydrogen-bond acceptors (Lipinski definition) is 6. The zero-order valence-electron chi connectivity index (χ0n) is 19.6. The van der Waals surface area contributed by atoms with Gasteiger partial charge >= 0.3 is 0 Å². The molecule has 2 atom stereocenters. The summed E-state index contributed by atoms with van der Waals surface area (Å²) in [6.45, 7) is 1.89. The number of aromatic nitrogens is 1. The molecule has 0 bridgehead atoms. The number of carbonyl (C=O) groups is 1. The number of aliphatic hydroxyl groups is 1. The maximum absolute atomic E-state index is 14.0. The molecule has 2 aliphatic rings. The molecule has 1 amide bonds. The average Bonchev–Trinajstić information content (AvgIpc) is 3.69. The van der Waals surface area contributed by atoms with E-state index in [0.717, 1.165) is 25.0 Å². The number of benzene rings is 1. The van der Waals surface area contributed by atoms with Crippen LogP contribution >= 0.6 is 11.6 Å². The normalized spacial score (nSPS) is 22.1. The molecule has 0 spiro atoms. The van der Waals surface area contributed by atoms with Crippen molar-refractivity contribution in [1.29, 1.82) is 0 Å². The number of nitrogens with zero attached hydrogens (tertiary/aromatic N) is 2. The van der Waals surface area contributed by atoms with Gasteiger partial charge in [0, 0.05) is 51.5 Å². The smallest absolute Gasteiger partial charge is 0.230 e. The lowest BCUT2D eigenvalue weighted by Crippen LogP contribution is -2.55. The van der Waals surface area contributed by atoms with Crippen molar-refractivity contribution in [3.8, 4) is 5.88 Å². The highest BCUT2D eigenvalue weighted by atomic mass is 35.5. The second-order valence-corrected chi connectivity index (χ2v) is 9.47. The van der Waals surface area contributed by atoms with E-state index in [1.807, 2.05) is 0 Å². The van der Waals surface area contributed by atoms with Gasteiger partial charge in [0.05, 0.1) is 17.5 Å². The largest absolute Gasteiger partial charge is 0.478 e. The van der Waals surface area contributed by atoms with Gasteiger partial charge in [-0.25, -0.2) is 13.8 Å². The van der Waals surface area contributed by atoms with E-state index in [1.165, 1.54) is 12.3 Å². The lowest BCUT2D eigenvalue weighted by atomic mass is 9.75. The van der Waals surface area contributed by atoms with Gasteiger partial charge in [0.1, 0.15) is 5.60 Å². The fourth-order valence-electron chi connectivity index (χ4n) is 4.47. The molecule has 1 saturated carbocycles. The van der Waals surface area contributed by atoms with Gasteiger partial charge in [0.25, 0.3) is 0 Å². The minimum atomic E-state index is -1.62. The highest BCUT2D eigenvalue weighted by Crippen LogP contribution is 2.40. The van der Waals surface area contributed by atoms with Crippen LogP contribution in [0.5, 0.6) is 5.88 Å². The molecule has 1 aromatic heterocycles. The number of nitrogens with one attached hydrogen (secondary N) is 1. The SMILES string of the molecule is COCCCOc1cc(CN(C(=O)[C@H]2CNCC[C@]2(O)c2ccc(F)c(F)c2)C2CC2)c(Cl)cn1. The zero-order valence-corrected chi connectivity index (χ0v) is 20.4. The van der Waals surface area contributed by atoms with Crippen LogP contribution in [-0.2, 0) is 21.7 Å². The summed E-state index contributed by atoms with van der Waals surface area (Å²) in [5, 5.41) is 15.2. The topological polar surface area (TPSA) is 83.9 Å². The first-order valence-corrected chi connectivity index (χ1v) is 12.2. The van der Waals surface area contributed by atoms with Crippen LogP contribution in [0.1, 0.15) is 36.8 Å². The monoisotopic (exact) mass is 509 g/mol. The molecule has 4 rings (SSSR count). The van der Waals surface area contributed by atoms with E-state index in [4.69, 9.17) is 21.1 Å². The summed E-state index contributed by atoms with van der Waals surface area (Å²) in [6, 6.07) is 5.05. The van der Waals surface area contributed by atoms with Crippen molar-refractivity contribution in [3.05, 3.63) is 58.2 Å². The number of rotatable bonds is 10. The first-order valence-electron chi connectivity index (χ1n) is 11.8. The summed E-state index contributed by atoms with van der Waals surface area (Å²) in [5.74, 6) is -2.78. The van der Waals surface area contributed by atoms with Crippen molar-refractivity contribution >= 4 is 17.5 Å². The molecule has 0 unspecified atom stereocenters. The molecule has 7 nitrogen and oxygen atoms in total. The number of hydrogen-bond donors (Lipinski definition) is 2. The third-order valence-electron chi connectivity index (χ3n) is 6.59. The molecular weight excluding hydrogens is 480 g/mol. The lowest BCUT2D eigenvalue weighted by Gasteiger charge is -2.42. The van der Waals surface area contributed by atoms with Gasteiger partial charge in [-0.1, -0.05) is 17.7 Å². The number of carbonyl (C=O) groups excluding carboxylic acids is 1. The minimum absolute atomic E-state index is 0.0222. The summed E-state index contributed by atoms with van der Waals surface area (Å²) < 4.78 is 38.2. The third kappa shape index (κ3) is 5.91. The van der Waals surface area contributed by atoms with Crippen LogP contribution in [0, 0.1) is 17.6 Å². The summed E-state index contributed by atoms with van der Waals surface area (Å²) in [7, 11) is 1.62.